The number of aliphatic carboxylic acids is 1. The van der Waals surface area contributed by atoms with Gasteiger partial charge in [-0.25, -0.2) is 4.79 Å². The minimum Gasteiger partial charge on any atom is -0.477 e. The number of unbranched alkanes of at least 4 members (excludes halogenated alkanes) is 23. The van der Waals surface area contributed by atoms with E-state index in [1.54, 1.807) is 0 Å². The Balaban J connectivity index is 4.36. The quantitative estimate of drug-likeness (QED) is 0.0392. The fraction of sp³-hybridized carbons (Fsp3) is 0.927. The van der Waals surface area contributed by atoms with Crippen LogP contribution in [0.25, 0.3) is 0 Å². The molecule has 0 spiro atoms. The molecule has 2 atom stereocenters. The molecule has 0 fully saturated rings. The molecule has 0 aliphatic rings. The summed E-state index contributed by atoms with van der Waals surface area (Å²) in [5, 5.41) is 9.59. The fourth-order valence-electron chi connectivity index (χ4n) is 6.27. The van der Waals surface area contributed by atoms with Crippen molar-refractivity contribution in [2.75, 3.05) is 41.0 Å². The molecule has 0 aliphatic heterocycles. The number of esters is 2. The second kappa shape index (κ2) is 33.5. The number of carboxylic acid groups (broad SMARTS) is 1. The van der Waals surface area contributed by atoms with Gasteiger partial charge >= 0.3 is 17.9 Å². The van der Waals surface area contributed by atoms with Crippen molar-refractivity contribution in [3.05, 3.63) is 0 Å². The Morgan fingerprint density at radius 2 is 0.898 bits per heavy atom. The van der Waals surface area contributed by atoms with Crippen molar-refractivity contribution >= 4 is 17.9 Å². The van der Waals surface area contributed by atoms with Gasteiger partial charge in [0.15, 0.2) is 12.1 Å². The van der Waals surface area contributed by atoms with Crippen molar-refractivity contribution in [1.29, 1.82) is 0 Å². The van der Waals surface area contributed by atoms with E-state index in [4.69, 9.17) is 14.2 Å². The van der Waals surface area contributed by atoms with Gasteiger partial charge in [-0.1, -0.05) is 162 Å². The average molecular weight is 699 g/mol. The van der Waals surface area contributed by atoms with Crippen molar-refractivity contribution in [2.45, 2.75) is 206 Å². The van der Waals surface area contributed by atoms with Crippen LogP contribution in [0.3, 0.4) is 0 Å². The molecule has 0 heterocycles. The molecule has 0 amide bonds. The Bertz CT molecular complexity index is 782. The molecular formula is C41H80NO7+. The van der Waals surface area contributed by atoms with Gasteiger partial charge < -0.3 is 23.8 Å². The van der Waals surface area contributed by atoms with Crippen LogP contribution < -0.4 is 0 Å². The Morgan fingerprint density at radius 3 is 1.27 bits per heavy atom. The fourth-order valence-corrected chi connectivity index (χ4v) is 6.27. The van der Waals surface area contributed by atoms with Crippen LogP contribution in [-0.2, 0) is 28.6 Å². The molecule has 1 N–H and O–H groups in total. The van der Waals surface area contributed by atoms with Gasteiger partial charge in [-0.05, 0) is 12.8 Å². The monoisotopic (exact) mass is 699 g/mol. The zero-order chi connectivity index (χ0) is 36.4. The highest BCUT2D eigenvalue weighted by Gasteiger charge is 2.31. The van der Waals surface area contributed by atoms with Crippen LogP contribution in [0.2, 0.25) is 0 Å². The minimum absolute atomic E-state index is 0.0425. The summed E-state index contributed by atoms with van der Waals surface area (Å²) in [7, 11) is 5.53. The number of quaternary nitrogens is 1. The number of carbonyl (C=O) groups is 3. The highest BCUT2D eigenvalue weighted by molar-refractivity contribution is 5.72. The number of rotatable bonds is 37. The van der Waals surface area contributed by atoms with Gasteiger partial charge in [0, 0.05) is 19.3 Å². The maximum absolute atomic E-state index is 12.7. The lowest BCUT2D eigenvalue weighted by Gasteiger charge is -2.31. The molecule has 0 saturated heterocycles. The second-order valence-corrected chi connectivity index (χ2v) is 15.3. The Morgan fingerprint density at radius 1 is 0.531 bits per heavy atom. The summed E-state index contributed by atoms with van der Waals surface area (Å²) in [6.07, 6.45) is 31.3. The lowest BCUT2D eigenvalue weighted by Crippen LogP contribution is -2.50. The van der Waals surface area contributed by atoms with E-state index >= 15 is 0 Å². The summed E-state index contributed by atoms with van der Waals surface area (Å²) in [6, 6.07) is -0.607. The smallest absolute Gasteiger partial charge is 0.362 e. The summed E-state index contributed by atoms with van der Waals surface area (Å²) in [5.41, 5.74) is 0. The first kappa shape index (κ1) is 47.3. The Kier molecular flexibility index (Phi) is 32.3. The lowest BCUT2D eigenvalue weighted by molar-refractivity contribution is -0.887. The van der Waals surface area contributed by atoms with E-state index in [-0.39, 0.29) is 36.2 Å². The molecule has 0 radical (unpaired) electrons. The van der Waals surface area contributed by atoms with Crippen LogP contribution in [0.15, 0.2) is 0 Å². The van der Waals surface area contributed by atoms with Crippen molar-refractivity contribution in [1.82, 2.24) is 0 Å². The first-order chi connectivity index (χ1) is 23.6. The molecule has 0 aromatic rings. The van der Waals surface area contributed by atoms with Gasteiger partial charge in [-0.3, -0.25) is 9.59 Å². The molecule has 0 aromatic heterocycles. The van der Waals surface area contributed by atoms with Crippen LogP contribution in [0.4, 0.5) is 0 Å². The Labute approximate surface area is 302 Å². The summed E-state index contributed by atoms with van der Waals surface area (Å²) in [6.45, 7) is 4.75. The second-order valence-electron chi connectivity index (χ2n) is 15.3. The summed E-state index contributed by atoms with van der Waals surface area (Å²) in [4.78, 5) is 36.8. The minimum atomic E-state index is -0.872. The molecule has 0 saturated carbocycles. The zero-order valence-electron chi connectivity index (χ0n) is 32.9. The van der Waals surface area contributed by atoms with E-state index in [2.05, 4.69) is 13.8 Å². The third-order valence-electron chi connectivity index (χ3n) is 9.51. The molecule has 8 heteroatoms. The SMILES string of the molecule is CCCCCCCCCCCCCCCC(=O)OC(COCCC(C(=O)O)[N+](C)(C)C)COC(=O)CCCCCCCCCCCCCC. The van der Waals surface area contributed by atoms with Gasteiger partial charge in [0.25, 0.3) is 0 Å². The molecule has 2 unspecified atom stereocenters. The Hall–Kier alpha value is -1.67. The number of hydrogen-bond donors (Lipinski definition) is 1. The van der Waals surface area contributed by atoms with E-state index in [9.17, 15) is 19.5 Å². The molecular weight excluding hydrogens is 618 g/mol. The summed E-state index contributed by atoms with van der Waals surface area (Å²) in [5.74, 6) is -1.45. The van der Waals surface area contributed by atoms with Crippen molar-refractivity contribution in [2.24, 2.45) is 0 Å². The van der Waals surface area contributed by atoms with Crippen LogP contribution in [0, 0.1) is 0 Å². The maximum atomic E-state index is 12.7. The normalized spacial score (nSPS) is 12.9. The van der Waals surface area contributed by atoms with Gasteiger partial charge in [-0.2, -0.15) is 0 Å². The number of carbonyl (C=O) groups excluding carboxylic acids is 2. The highest BCUT2D eigenvalue weighted by atomic mass is 16.6. The van der Waals surface area contributed by atoms with Crippen LogP contribution in [0.1, 0.15) is 194 Å². The molecule has 49 heavy (non-hydrogen) atoms. The molecule has 0 aromatic carbocycles. The lowest BCUT2D eigenvalue weighted by atomic mass is 10.0. The molecule has 0 rings (SSSR count). The number of hydrogen-bond acceptors (Lipinski definition) is 6. The number of ether oxygens (including phenoxy) is 3. The van der Waals surface area contributed by atoms with Crippen LogP contribution in [0.5, 0.6) is 0 Å². The van der Waals surface area contributed by atoms with Crippen molar-refractivity contribution < 1.29 is 38.2 Å². The third-order valence-corrected chi connectivity index (χ3v) is 9.51. The maximum Gasteiger partial charge on any atom is 0.362 e. The largest absolute Gasteiger partial charge is 0.477 e. The molecule has 0 aliphatic carbocycles. The predicted molar refractivity (Wildman–Crippen MR) is 202 cm³/mol. The molecule has 8 nitrogen and oxygen atoms in total. The molecule has 0 bridgehead atoms. The highest BCUT2D eigenvalue weighted by Crippen LogP contribution is 2.15. The molecule has 290 valence electrons. The van der Waals surface area contributed by atoms with E-state index in [0.717, 1.165) is 38.5 Å². The predicted octanol–water partition coefficient (Wildman–Crippen LogP) is 10.6. The average Bonchev–Trinajstić information content (AvgIpc) is 3.05. The van der Waals surface area contributed by atoms with Crippen LogP contribution in [-0.4, -0.2) is 80.6 Å². The van der Waals surface area contributed by atoms with Crippen molar-refractivity contribution in [3.63, 3.8) is 0 Å². The topological polar surface area (TPSA) is 99.1 Å². The van der Waals surface area contributed by atoms with Crippen LogP contribution >= 0.6 is 0 Å². The first-order valence-electron chi connectivity index (χ1n) is 20.6. The van der Waals surface area contributed by atoms with Gasteiger partial charge in [0.1, 0.15) is 6.61 Å². The van der Waals surface area contributed by atoms with E-state index in [1.807, 2.05) is 21.1 Å². The van der Waals surface area contributed by atoms with Gasteiger partial charge in [0.2, 0.25) is 0 Å². The zero-order valence-corrected chi connectivity index (χ0v) is 32.9. The standard InChI is InChI=1S/C41H79NO7/c1-6-8-10-12-14-16-18-20-22-24-26-28-30-32-40(44)49-37(35-47-34-33-38(41(45)46)42(3,4)5)36-48-39(43)31-29-27-25-23-21-19-17-15-13-11-9-7-2/h37-38H,6-36H2,1-5H3/p+1. The van der Waals surface area contributed by atoms with Gasteiger partial charge in [0.05, 0.1) is 34.4 Å². The van der Waals surface area contributed by atoms with Gasteiger partial charge in [-0.15, -0.1) is 0 Å². The number of carboxylic acids is 1. The van der Waals surface area contributed by atoms with E-state index < -0.39 is 18.1 Å². The van der Waals surface area contributed by atoms with E-state index in [1.165, 1.54) is 122 Å². The third kappa shape index (κ3) is 32.0. The number of nitrogens with zero attached hydrogens (tertiary/aromatic N) is 1. The van der Waals surface area contributed by atoms with Crippen molar-refractivity contribution in [3.8, 4) is 0 Å². The summed E-state index contributed by atoms with van der Waals surface area (Å²) >= 11 is 0. The van der Waals surface area contributed by atoms with E-state index in [0.29, 0.717) is 19.3 Å². The summed E-state index contributed by atoms with van der Waals surface area (Å²) < 4.78 is 17.2. The first-order valence-corrected chi connectivity index (χ1v) is 20.6. The number of likely N-dealkylation sites (N-methyl/N-ethyl adjacent to an activating group) is 1.